The minimum atomic E-state index is -0.279. The quantitative estimate of drug-likeness (QED) is 0.839. The zero-order valence-electron chi connectivity index (χ0n) is 11.6. The van der Waals surface area contributed by atoms with Crippen LogP contribution in [0, 0.1) is 11.8 Å². The highest BCUT2D eigenvalue weighted by Gasteiger charge is 2.07. The highest BCUT2D eigenvalue weighted by molar-refractivity contribution is 6.02. The lowest BCUT2D eigenvalue weighted by Gasteiger charge is -2.05. The van der Waals surface area contributed by atoms with Gasteiger partial charge in [0, 0.05) is 17.4 Å². The second-order valence-corrected chi connectivity index (χ2v) is 4.12. The van der Waals surface area contributed by atoms with Gasteiger partial charge < -0.3 is 15.8 Å². The SMILES string of the molecule is COc1ccc(NC(=O)c2ccc(C#CCN)cn2)cc1. The second kappa shape index (κ2) is 7.08. The first-order valence-corrected chi connectivity index (χ1v) is 6.33. The first kappa shape index (κ1) is 14.6. The number of amides is 1. The van der Waals surface area contributed by atoms with E-state index in [1.807, 2.05) is 0 Å². The lowest BCUT2D eigenvalue weighted by Crippen LogP contribution is -2.13. The van der Waals surface area contributed by atoms with Crippen molar-refractivity contribution in [1.82, 2.24) is 4.98 Å². The molecule has 2 rings (SSSR count). The van der Waals surface area contributed by atoms with Crippen molar-refractivity contribution >= 4 is 11.6 Å². The van der Waals surface area contributed by atoms with E-state index in [-0.39, 0.29) is 5.91 Å². The predicted molar refractivity (Wildman–Crippen MR) is 81.1 cm³/mol. The van der Waals surface area contributed by atoms with Gasteiger partial charge in [0.2, 0.25) is 0 Å². The van der Waals surface area contributed by atoms with Crippen LogP contribution < -0.4 is 15.8 Å². The second-order valence-electron chi connectivity index (χ2n) is 4.12. The lowest BCUT2D eigenvalue weighted by atomic mass is 10.2. The number of rotatable bonds is 3. The summed E-state index contributed by atoms with van der Waals surface area (Å²) in [4.78, 5) is 16.1. The summed E-state index contributed by atoms with van der Waals surface area (Å²) in [6.07, 6.45) is 1.55. The van der Waals surface area contributed by atoms with Gasteiger partial charge in [0.25, 0.3) is 5.91 Å². The Morgan fingerprint density at radius 3 is 2.62 bits per heavy atom. The van der Waals surface area contributed by atoms with Crippen molar-refractivity contribution in [3.05, 3.63) is 53.9 Å². The molecule has 0 saturated heterocycles. The molecule has 1 heterocycles. The largest absolute Gasteiger partial charge is 0.497 e. The van der Waals surface area contributed by atoms with Gasteiger partial charge in [-0.05, 0) is 36.4 Å². The van der Waals surface area contributed by atoms with Gasteiger partial charge in [0.15, 0.2) is 0 Å². The van der Waals surface area contributed by atoms with E-state index >= 15 is 0 Å². The summed E-state index contributed by atoms with van der Waals surface area (Å²) in [6.45, 7) is 0.291. The fourth-order valence-corrected chi connectivity index (χ4v) is 1.62. The van der Waals surface area contributed by atoms with Crippen molar-refractivity contribution in [1.29, 1.82) is 0 Å². The Morgan fingerprint density at radius 1 is 1.29 bits per heavy atom. The fraction of sp³-hybridized carbons (Fsp3) is 0.125. The van der Waals surface area contributed by atoms with Crippen LogP contribution >= 0.6 is 0 Å². The Labute approximate surface area is 123 Å². The van der Waals surface area contributed by atoms with Gasteiger partial charge in [-0.1, -0.05) is 11.8 Å². The molecule has 21 heavy (non-hydrogen) atoms. The minimum absolute atomic E-state index is 0.279. The van der Waals surface area contributed by atoms with Crippen molar-refractivity contribution in [3.63, 3.8) is 0 Å². The number of anilines is 1. The molecule has 0 saturated carbocycles. The number of benzene rings is 1. The highest BCUT2D eigenvalue weighted by atomic mass is 16.5. The molecule has 1 aromatic heterocycles. The topological polar surface area (TPSA) is 77.2 Å². The zero-order valence-corrected chi connectivity index (χ0v) is 11.6. The number of carbonyl (C=O) groups excluding carboxylic acids is 1. The highest BCUT2D eigenvalue weighted by Crippen LogP contribution is 2.15. The molecule has 5 nitrogen and oxygen atoms in total. The zero-order chi connectivity index (χ0) is 15.1. The van der Waals surface area contributed by atoms with Crippen LogP contribution in [-0.4, -0.2) is 24.5 Å². The summed E-state index contributed by atoms with van der Waals surface area (Å²) in [5.41, 5.74) is 7.02. The summed E-state index contributed by atoms with van der Waals surface area (Å²) in [5, 5.41) is 2.76. The van der Waals surface area contributed by atoms with E-state index in [4.69, 9.17) is 10.5 Å². The van der Waals surface area contributed by atoms with Gasteiger partial charge in [0.1, 0.15) is 11.4 Å². The Bertz CT molecular complexity index is 667. The number of ether oxygens (including phenoxy) is 1. The molecule has 0 aliphatic rings. The molecule has 2 aromatic rings. The average Bonchev–Trinajstić information content (AvgIpc) is 2.54. The molecule has 0 radical (unpaired) electrons. The van der Waals surface area contributed by atoms with Crippen LogP contribution in [-0.2, 0) is 0 Å². The fourth-order valence-electron chi connectivity index (χ4n) is 1.62. The lowest BCUT2D eigenvalue weighted by molar-refractivity contribution is 0.102. The van der Waals surface area contributed by atoms with Crippen LogP contribution in [0.2, 0.25) is 0 Å². The minimum Gasteiger partial charge on any atom is -0.497 e. The van der Waals surface area contributed by atoms with E-state index in [0.29, 0.717) is 17.9 Å². The third-order valence-electron chi connectivity index (χ3n) is 2.68. The number of nitrogens with two attached hydrogens (primary N) is 1. The molecule has 1 aromatic carbocycles. The van der Waals surface area contributed by atoms with Crippen LogP contribution in [0.15, 0.2) is 42.6 Å². The third-order valence-corrected chi connectivity index (χ3v) is 2.68. The number of carbonyl (C=O) groups is 1. The maximum absolute atomic E-state index is 12.0. The van der Waals surface area contributed by atoms with Crippen LogP contribution in [0.25, 0.3) is 0 Å². The summed E-state index contributed by atoms with van der Waals surface area (Å²) < 4.78 is 5.06. The Kier molecular flexibility index (Phi) is 4.91. The van der Waals surface area contributed by atoms with Crippen molar-refractivity contribution in [2.75, 3.05) is 19.0 Å². The first-order valence-electron chi connectivity index (χ1n) is 6.33. The van der Waals surface area contributed by atoms with Gasteiger partial charge in [-0.25, -0.2) is 4.98 Å². The molecule has 0 bridgehead atoms. The molecule has 0 unspecified atom stereocenters. The predicted octanol–water partition coefficient (Wildman–Crippen LogP) is 1.65. The monoisotopic (exact) mass is 281 g/mol. The molecule has 0 atom stereocenters. The summed E-state index contributed by atoms with van der Waals surface area (Å²) in [6, 6.07) is 10.4. The van der Waals surface area contributed by atoms with Gasteiger partial charge in [-0.3, -0.25) is 4.79 Å². The summed E-state index contributed by atoms with van der Waals surface area (Å²) in [7, 11) is 1.59. The van der Waals surface area contributed by atoms with E-state index in [2.05, 4.69) is 22.1 Å². The summed E-state index contributed by atoms with van der Waals surface area (Å²) in [5.74, 6) is 6.03. The molecule has 3 N–H and O–H groups in total. The molecule has 0 spiro atoms. The Morgan fingerprint density at radius 2 is 2.05 bits per heavy atom. The van der Waals surface area contributed by atoms with Gasteiger partial charge in [-0.2, -0.15) is 0 Å². The smallest absolute Gasteiger partial charge is 0.274 e. The molecule has 0 aliphatic heterocycles. The Hall–Kier alpha value is -2.84. The Balaban J connectivity index is 2.05. The maximum atomic E-state index is 12.0. The van der Waals surface area contributed by atoms with Crippen LogP contribution in [0.3, 0.4) is 0 Å². The van der Waals surface area contributed by atoms with E-state index in [1.54, 1.807) is 49.7 Å². The van der Waals surface area contributed by atoms with Crippen molar-refractivity contribution < 1.29 is 9.53 Å². The average molecular weight is 281 g/mol. The van der Waals surface area contributed by atoms with Crippen molar-refractivity contribution in [2.24, 2.45) is 5.73 Å². The molecular weight excluding hydrogens is 266 g/mol. The maximum Gasteiger partial charge on any atom is 0.274 e. The van der Waals surface area contributed by atoms with Crippen LogP contribution in [0.5, 0.6) is 5.75 Å². The molecule has 0 aliphatic carbocycles. The van der Waals surface area contributed by atoms with Crippen molar-refractivity contribution in [2.45, 2.75) is 0 Å². The van der Waals surface area contributed by atoms with E-state index < -0.39 is 0 Å². The number of hydrogen-bond donors (Lipinski definition) is 2. The van der Waals surface area contributed by atoms with Gasteiger partial charge >= 0.3 is 0 Å². The van der Waals surface area contributed by atoms with E-state index in [9.17, 15) is 4.79 Å². The number of aromatic nitrogens is 1. The number of hydrogen-bond acceptors (Lipinski definition) is 4. The summed E-state index contributed by atoms with van der Waals surface area (Å²) >= 11 is 0. The van der Waals surface area contributed by atoms with E-state index in [1.165, 1.54) is 0 Å². The number of pyridine rings is 1. The molecule has 5 heteroatoms. The molecule has 1 amide bonds. The molecule has 106 valence electrons. The molecule has 0 fully saturated rings. The van der Waals surface area contributed by atoms with Gasteiger partial charge in [-0.15, -0.1) is 0 Å². The third kappa shape index (κ3) is 4.06. The standard InChI is InChI=1S/C16H15N3O2/c1-21-14-7-5-13(6-8-14)19-16(20)15-9-4-12(11-18-15)3-2-10-17/h4-9,11H,10,17H2,1H3,(H,19,20). The van der Waals surface area contributed by atoms with Crippen molar-refractivity contribution in [3.8, 4) is 17.6 Å². The normalized spacial score (nSPS) is 9.43. The molecular formula is C16H15N3O2. The first-order chi connectivity index (χ1) is 10.2. The van der Waals surface area contributed by atoms with Crippen LogP contribution in [0.1, 0.15) is 16.1 Å². The number of methoxy groups -OCH3 is 1. The van der Waals surface area contributed by atoms with E-state index in [0.717, 1.165) is 11.3 Å². The number of nitrogens with zero attached hydrogens (tertiary/aromatic N) is 1. The number of nitrogens with one attached hydrogen (secondary N) is 1. The van der Waals surface area contributed by atoms with Gasteiger partial charge in [0.05, 0.1) is 13.7 Å². The van der Waals surface area contributed by atoms with Crippen LogP contribution in [0.4, 0.5) is 5.69 Å².